The third kappa shape index (κ3) is 28.0. The number of thioether (sulfide) groups is 2. The molecule has 4 heterocycles. The van der Waals surface area contributed by atoms with Gasteiger partial charge < -0.3 is 132 Å². The van der Waals surface area contributed by atoms with Crippen molar-refractivity contribution >= 4 is 123 Å². The summed E-state index contributed by atoms with van der Waals surface area (Å²) in [7, 11) is 4.54. The third-order valence-corrected chi connectivity index (χ3v) is 23.9. The van der Waals surface area contributed by atoms with Crippen LogP contribution in [0.25, 0.3) is 10.9 Å². The number of carbonyl (C=O) groups is 13. The average molecular weight is 1770 g/mol. The number of rotatable bonds is 54. The Hall–Kier alpha value is -11.0. The minimum atomic E-state index is -1.43. The molecule has 3 unspecified atom stereocenters. The summed E-state index contributed by atoms with van der Waals surface area (Å²) < 4.78 is 40.6. The summed E-state index contributed by atoms with van der Waals surface area (Å²) in [5.74, 6) is -10.3. The number of amides is 11. The number of aromatic amines is 1. The fourth-order valence-electron chi connectivity index (χ4n) is 15.4. The van der Waals surface area contributed by atoms with E-state index in [-0.39, 0.29) is 135 Å². The van der Waals surface area contributed by atoms with Crippen LogP contribution in [0.2, 0.25) is 0 Å². The number of aliphatic imine (C=N–C) groups is 2. The fourth-order valence-corrected chi connectivity index (χ4v) is 17.0. The summed E-state index contributed by atoms with van der Waals surface area (Å²) in [5, 5.41) is 21.6. The summed E-state index contributed by atoms with van der Waals surface area (Å²) in [4.78, 5) is 195. The number of hydrogen-bond acceptors (Lipinski definition) is 28. The molecule has 3 aromatic rings. The van der Waals surface area contributed by atoms with Crippen LogP contribution in [0.1, 0.15) is 144 Å². The molecular weight excluding hydrogens is 1650 g/mol. The lowest BCUT2D eigenvalue weighted by molar-refractivity contribution is -0.155. The van der Waals surface area contributed by atoms with Crippen molar-refractivity contribution in [3.63, 3.8) is 0 Å². The van der Waals surface area contributed by atoms with Gasteiger partial charge in [0.15, 0.2) is 34.9 Å². The van der Waals surface area contributed by atoms with Crippen LogP contribution in [-0.4, -0.2) is 257 Å². The predicted octanol–water partition coefficient (Wildman–Crippen LogP) is -2.33. The summed E-state index contributed by atoms with van der Waals surface area (Å²) >= 11 is 2.30. The van der Waals surface area contributed by atoms with Gasteiger partial charge in [-0.15, -0.1) is 11.8 Å². The molecule has 2 aromatic carbocycles. The van der Waals surface area contributed by atoms with Crippen LogP contribution < -0.4 is 104 Å². The largest absolute Gasteiger partial charge is 0.494 e. The van der Waals surface area contributed by atoms with E-state index in [1.54, 1.807) is 30.7 Å². The maximum absolute atomic E-state index is 14.9. The van der Waals surface area contributed by atoms with Crippen molar-refractivity contribution < 1.29 is 95.5 Å². The fraction of sp³-hybridized carbons (Fsp3) is 0.593. The lowest BCUT2D eigenvalue weighted by atomic mass is 9.64. The number of primary amides is 1. The van der Waals surface area contributed by atoms with Gasteiger partial charge in [0.1, 0.15) is 54.5 Å². The van der Waals surface area contributed by atoms with Crippen LogP contribution >= 0.6 is 23.5 Å². The Balaban J connectivity index is 0.885. The van der Waals surface area contributed by atoms with Gasteiger partial charge in [-0.2, -0.15) is 11.8 Å². The van der Waals surface area contributed by atoms with Gasteiger partial charge in [0.2, 0.25) is 71.8 Å². The standard InChI is InChI=1S/C81H121N21O20S2/c1-116-60-34-43(35-61(117-2)69(60)118-3)66-46-36-58-59(121-42-120-58)37-47(46)68(48-40-119-79(115)67(48)66)122-65(105)23-31-102-64(104)38-62(78(102)114)124-41-49(85)71(107)91-30-22-63(103)95-52(20-13-28-92-80(87)88)72(108)98-55(21-14-29-93-81(89)90)74(110)100-56(24-32-123-4)76(112)97-54(19-9-12-27-84)75(111)101-57(33-44-39-94-50-16-6-5-15-45(44)50)77(113)99-53(18-8-11-26-83)73(109)96-51(70(86)106)17-7-10-25-82/h5-6,15-16,34,36-37,39,48-49,51-57,61-62,66-68,94H,7-14,17-33,35,38,40-42,82-85H2,1-4H3,(H2,86,106)(H,91,107)(H,95,103)(H,96,109)(H,97,112)(H,98,108)(H,99,113)(H,100,110)(H,101,111)(H4,87,88,92)(H4,89,90,93)/t48-,49-,51-,52-,53-,54-,55-,56-,57-,61?,62?,66?,67-,68-/m0/s1. The molecule has 5 aliphatic rings. The number of likely N-dealkylation sites (tertiary alicyclic amines) is 1. The van der Waals surface area contributed by atoms with Crippen LogP contribution in [0.5, 0.6) is 11.5 Å². The Morgan fingerprint density at radius 1 is 0.621 bits per heavy atom. The van der Waals surface area contributed by atoms with E-state index in [0.29, 0.717) is 97.0 Å². The Morgan fingerprint density at radius 3 is 1.70 bits per heavy atom. The first-order chi connectivity index (χ1) is 59.6. The average Bonchev–Trinajstić information content (AvgIpc) is 1.30. The minimum Gasteiger partial charge on any atom is -0.494 e. The molecule has 41 nitrogen and oxygen atoms in total. The summed E-state index contributed by atoms with van der Waals surface area (Å²) in [6, 6.07) is 0.325. The van der Waals surface area contributed by atoms with Gasteiger partial charge in [0, 0.05) is 99.2 Å². The molecule has 0 saturated carbocycles. The highest BCUT2D eigenvalue weighted by molar-refractivity contribution is 8.00. The summed E-state index contributed by atoms with van der Waals surface area (Å²) in [5.41, 5.74) is 55.2. The normalized spacial score (nSPS) is 19.4. The molecule has 2 aliphatic carbocycles. The molecule has 2 saturated heterocycles. The molecule has 8 rings (SSSR count). The molecule has 124 heavy (non-hydrogen) atoms. The van der Waals surface area contributed by atoms with Gasteiger partial charge in [0.25, 0.3) is 0 Å². The lowest BCUT2D eigenvalue weighted by Crippen LogP contribution is -2.60. The van der Waals surface area contributed by atoms with Gasteiger partial charge in [-0.3, -0.25) is 77.2 Å². The van der Waals surface area contributed by atoms with E-state index in [1.165, 1.54) is 33.1 Å². The number of nitrogens with zero attached hydrogens (tertiary/aromatic N) is 3. The number of aromatic nitrogens is 1. The number of unbranched alkanes of at least 4 members (excludes halogenated alkanes) is 3. The zero-order chi connectivity index (χ0) is 90.1. The number of allylic oxidation sites excluding steroid dienone is 1. The lowest BCUT2D eigenvalue weighted by Gasteiger charge is -2.40. The van der Waals surface area contributed by atoms with E-state index in [4.69, 9.17) is 84.8 Å². The van der Waals surface area contributed by atoms with Crippen molar-refractivity contribution in [2.45, 2.75) is 194 Å². The Morgan fingerprint density at radius 2 is 1.15 bits per heavy atom. The van der Waals surface area contributed by atoms with Crippen molar-refractivity contribution in [2.75, 3.05) is 98.3 Å². The number of guanidine groups is 2. The molecule has 27 N–H and O–H groups in total. The first-order valence-electron chi connectivity index (χ1n) is 41.6. The van der Waals surface area contributed by atoms with E-state index in [1.807, 2.05) is 24.3 Å². The molecule has 0 spiro atoms. The predicted molar refractivity (Wildman–Crippen MR) is 461 cm³/mol. The number of fused-ring (bicyclic) bond motifs is 4. The molecule has 0 radical (unpaired) electrons. The van der Waals surface area contributed by atoms with Crippen molar-refractivity contribution in [3.8, 4) is 11.5 Å². The van der Waals surface area contributed by atoms with Crippen molar-refractivity contribution in [3.05, 3.63) is 82.5 Å². The minimum absolute atomic E-state index is 0.00226. The zero-order valence-corrected chi connectivity index (χ0v) is 72.1. The van der Waals surface area contributed by atoms with Crippen LogP contribution in [-0.2, 0) is 92.4 Å². The molecule has 1 aromatic heterocycles. The molecule has 0 bridgehead atoms. The number of esters is 2. The molecule has 2 fully saturated rings. The number of cyclic esters (lactones) is 1. The van der Waals surface area contributed by atoms with E-state index in [2.05, 4.69) is 57.5 Å². The Labute approximate surface area is 727 Å². The molecule has 682 valence electrons. The third-order valence-electron chi connectivity index (χ3n) is 21.9. The Kier molecular flexibility index (Phi) is 39.3. The van der Waals surface area contributed by atoms with E-state index in [9.17, 15) is 62.3 Å². The number of para-hydroxylation sites is 1. The van der Waals surface area contributed by atoms with Gasteiger partial charge in [-0.25, -0.2) is 0 Å². The van der Waals surface area contributed by atoms with E-state index < -0.39 is 173 Å². The summed E-state index contributed by atoms with van der Waals surface area (Å²) in [6.45, 7) is 0.0769. The molecule has 11 amide bonds. The number of hydrogen-bond donors (Lipinski definition) is 18. The number of benzene rings is 2. The number of imide groups is 1. The topological polar surface area (TPSA) is 661 Å². The van der Waals surface area contributed by atoms with Crippen molar-refractivity contribution in [1.29, 1.82) is 0 Å². The second-order valence-corrected chi connectivity index (χ2v) is 32.8. The van der Waals surface area contributed by atoms with Crippen molar-refractivity contribution in [1.82, 2.24) is 52.4 Å². The first-order valence-corrected chi connectivity index (χ1v) is 44.0. The van der Waals surface area contributed by atoms with Gasteiger partial charge in [-0.05, 0) is 157 Å². The van der Waals surface area contributed by atoms with Crippen LogP contribution in [0, 0.1) is 11.8 Å². The van der Waals surface area contributed by atoms with Gasteiger partial charge in [0.05, 0.1) is 44.5 Å². The highest BCUT2D eigenvalue weighted by Crippen LogP contribution is 2.57. The quantitative estimate of drug-likeness (QED) is 0.00926. The van der Waals surface area contributed by atoms with Gasteiger partial charge >= 0.3 is 11.9 Å². The number of methoxy groups -OCH3 is 3. The zero-order valence-electron chi connectivity index (χ0n) is 70.4. The monoisotopic (exact) mass is 1770 g/mol. The van der Waals surface area contributed by atoms with Crippen LogP contribution in [0.4, 0.5) is 0 Å². The maximum Gasteiger partial charge on any atom is 0.310 e. The highest BCUT2D eigenvalue weighted by Gasteiger charge is 2.55. The summed E-state index contributed by atoms with van der Waals surface area (Å²) in [6.07, 6.45) is 5.82. The molecule has 43 heteroatoms. The van der Waals surface area contributed by atoms with Crippen LogP contribution in [0.15, 0.2) is 75.7 Å². The molecular formula is C81H121N21O20S2. The number of nitrogens with one attached hydrogen (secondary N) is 9. The Bertz CT molecular complexity index is 4370. The smallest absolute Gasteiger partial charge is 0.310 e. The second-order valence-electron chi connectivity index (χ2n) is 30.6. The van der Waals surface area contributed by atoms with Gasteiger partial charge in [-0.1, -0.05) is 23.8 Å². The number of ether oxygens (including phenoxy) is 7. The maximum atomic E-state index is 14.9. The first kappa shape index (κ1) is 98.4. The molecule has 3 aliphatic heterocycles. The van der Waals surface area contributed by atoms with E-state index in [0.717, 1.165) is 33.1 Å². The highest BCUT2D eigenvalue weighted by atomic mass is 32.2. The number of nitrogens with two attached hydrogens (primary N) is 9. The number of carbonyl (C=O) groups excluding carboxylic acids is 13. The SMILES string of the molecule is COC1=C(OC)C(OC)CC(C2c3cc4c(cc3[C@H](OC(=O)CCN3C(=O)CC(SC[C@H](N)C(=O)NCCC(=O)N[C@@H](CCCN=C(N)N)C(=O)N[C@@H](CCCN=C(N)N)C(=O)N[C@@H](CCSC)C(=O)N[C@@H](CCCCN)C(=O)N[C@@H](Cc5c[nH]c6ccccc56)C(=O)N[C@@H](CCCCN)C(=O)N[C@@H](CCCCN)C(N)=O)C3=O)[C@H]3COC(=O)[C@H]23)OCO4)=C1. The van der Waals surface area contributed by atoms with E-state index >= 15 is 0 Å². The second kappa shape index (κ2) is 49.5. The molecule has 14 atom stereocenters. The van der Waals surface area contributed by atoms with Crippen molar-refractivity contribution in [2.24, 2.45) is 73.4 Å². The number of H-pyrrole nitrogens is 1. The van der Waals surface area contributed by atoms with Crippen LogP contribution in [0.3, 0.4) is 0 Å².